The third-order valence-electron chi connectivity index (χ3n) is 4.13. The minimum absolute atomic E-state index is 0.0645. The van der Waals surface area contributed by atoms with Crippen LogP contribution in [0.4, 0.5) is 17.2 Å². The second-order valence-corrected chi connectivity index (χ2v) is 6.42. The molecule has 1 aromatic heterocycles. The Morgan fingerprint density at radius 1 is 1.07 bits per heavy atom. The second kappa shape index (κ2) is 7.76. The van der Waals surface area contributed by atoms with E-state index in [1.54, 1.807) is 24.3 Å². The lowest BCUT2D eigenvalue weighted by atomic mass is 10.1. The van der Waals surface area contributed by atoms with Crippen LogP contribution in [0.2, 0.25) is 0 Å². The molecule has 0 aliphatic heterocycles. The van der Waals surface area contributed by atoms with Gasteiger partial charge < -0.3 is 10.1 Å². The number of hydrogen-bond acceptors (Lipinski definition) is 6. The predicted molar refractivity (Wildman–Crippen MR) is 106 cm³/mol. The number of aromatic nitrogens is 1. The lowest BCUT2D eigenvalue weighted by molar-refractivity contribution is -0.384. The fourth-order valence-electron chi connectivity index (χ4n) is 2.93. The summed E-state index contributed by atoms with van der Waals surface area (Å²) in [6.07, 6.45) is 0. The average molecular weight is 374 g/mol. The van der Waals surface area contributed by atoms with Crippen LogP contribution in [-0.4, -0.2) is 9.91 Å². The molecular weight excluding hydrogens is 356 g/mol. The van der Waals surface area contributed by atoms with Crippen LogP contribution in [0.3, 0.4) is 0 Å². The molecule has 0 fully saturated rings. The van der Waals surface area contributed by atoms with Gasteiger partial charge in [-0.3, -0.25) is 10.1 Å². The Bertz CT molecular complexity index is 1060. The number of nitrogens with one attached hydrogen (secondary N) is 1. The molecule has 0 saturated carbocycles. The molecule has 0 radical (unpaired) electrons. The Morgan fingerprint density at radius 2 is 1.71 bits per heavy atom. The molecule has 3 rings (SSSR count). The van der Waals surface area contributed by atoms with Gasteiger partial charge in [0.05, 0.1) is 16.6 Å². The zero-order chi connectivity index (χ0) is 20.3. The van der Waals surface area contributed by atoms with E-state index in [-0.39, 0.29) is 17.4 Å². The van der Waals surface area contributed by atoms with E-state index in [0.29, 0.717) is 17.0 Å². The van der Waals surface area contributed by atoms with Crippen molar-refractivity contribution in [2.75, 3.05) is 5.32 Å². The topological polar surface area (TPSA) is 101 Å². The smallest absolute Gasteiger partial charge is 0.311 e. The highest BCUT2D eigenvalue weighted by molar-refractivity contribution is 5.66. The average Bonchev–Trinajstić information content (AvgIpc) is 2.65. The predicted octanol–water partition coefficient (Wildman–Crippen LogP) is 5.32. The van der Waals surface area contributed by atoms with E-state index in [0.717, 1.165) is 16.7 Å². The standard InChI is InChI=1S/C21H18N4O3/c1-13-10-14(2)20(15(3)11-13)28-19-9-8-18(25(26)27)21(24-19)23-17-6-4-16(12-22)5-7-17/h4-11H,1-3H3,(H,23,24). The Morgan fingerprint density at radius 3 is 2.29 bits per heavy atom. The van der Waals surface area contributed by atoms with Crippen LogP contribution in [0, 0.1) is 42.2 Å². The highest BCUT2D eigenvalue weighted by Crippen LogP contribution is 2.33. The number of benzene rings is 2. The van der Waals surface area contributed by atoms with E-state index < -0.39 is 4.92 Å². The molecule has 1 heterocycles. The Hall–Kier alpha value is -3.92. The van der Waals surface area contributed by atoms with Gasteiger partial charge in [0, 0.05) is 17.8 Å². The second-order valence-electron chi connectivity index (χ2n) is 6.42. The van der Waals surface area contributed by atoms with Gasteiger partial charge in [-0.15, -0.1) is 0 Å². The molecule has 0 unspecified atom stereocenters. The molecule has 0 aliphatic rings. The molecule has 7 nitrogen and oxygen atoms in total. The highest BCUT2D eigenvalue weighted by atomic mass is 16.6. The molecule has 0 atom stereocenters. The summed E-state index contributed by atoms with van der Waals surface area (Å²) in [5.74, 6) is 0.989. The zero-order valence-electron chi connectivity index (χ0n) is 15.7. The summed E-state index contributed by atoms with van der Waals surface area (Å²) in [6, 6.07) is 15.4. The van der Waals surface area contributed by atoms with E-state index >= 15 is 0 Å². The zero-order valence-corrected chi connectivity index (χ0v) is 15.7. The van der Waals surface area contributed by atoms with Gasteiger partial charge in [0.2, 0.25) is 11.7 Å². The lowest BCUT2D eigenvalue weighted by Gasteiger charge is -2.13. The number of nitrogens with zero attached hydrogens (tertiary/aromatic N) is 3. The first-order valence-corrected chi connectivity index (χ1v) is 8.55. The lowest BCUT2D eigenvalue weighted by Crippen LogP contribution is -2.02. The molecule has 0 aliphatic carbocycles. The third-order valence-corrected chi connectivity index (χ3v) is 4.13. The maximum Gasteiger partial charge on any atom is 0.311 e. The van der Waals surface area contributed by atoms with Gasteiger partial charge in [0.25, 0.3) is 0 Å². The quantitative estimate of drug-likeness (QED) is 0.479. The summed E-state index contributed by atoms with van der Waals surface area (Å²) < 4.78 is 5.93. The third kappa shape index (κ3) is 4.07. The normalized spacial score (nSPS) is 10.2. The van der Waals surface area contributed by atoms with E-state index in [4.69, 9.17) is 10.00 Å². The van der Waals surface area contributed by atoms with Gasteiger partial charge >= 0.3 is 5.69 Å². The summed E-state index contributed by atoms with van der Waals surface area (Å²) in [6.45, 7) is 5.89. The van der Waals surface area contributed by atoms with Crippen molar-refractivity contribution in [1.82, 2.24) is 4.98 Å². The maximum absolute atomic E-state index is 11.4. The molecule has 0 saturated heterocycles. The van der Waals surface area contributed by atoms with Crippen LogP contribution in [0.1, 0.15) is 22.3 Å². The number of rotatable bonds is 5. The number of nitriles is 1. The van der Waals surface area contributed by atoms with Crippen LogP contribution in [-0.2, 0) is 0 Å². The van der Waals surface area contributed by atoms with E-state index in [2.05, 4.69) is 10.3 Å². The van der Waals surface area contributed by atoms with Crippen LogP contribution < -0.4 is 10.1 Å². The number of ether oxygens (including phenoxy) is 1. The van der Waals surface area contributed by atoms with Crippen LogP contribution in [0.15, 0.2) is 48.5 Å². The van der Waals surface area contributed by atoms with Gasteiger partial charge in [-0.2, -0.15) is 10.2 Å². The number of aryl methyl sites for hydroxylation is 3. The highest BCUT2D eigenvalue weighted by Gasteiger charge is 2.18. The van der Waals surface area contributed by atoms with Crippen molar-refractivity contribution in [3.63, 3.8) is 0 Å². The molecule has 1 N–H and O–H groups in total. The molecular formula is C21H18N4O3. The summed E-state index contributed by atoms with van der Waals surface area (Å²) >= 11 is 0. The Labute approximate surface area is 162 Å². The Balaban J connectivity index is 1.95. The first-order valence-electron chi connectivity index (χ1n) is 8.55. The largest absolute Gasteiger partial charge is 0.438 e. The molecule has 3 aromatic rings. The van der Waals surface area contributed by atoms with Crippen molar-refractivity contribution in [2.45, 2.75) is 20.8 Å². The maximum atomic E-state index is 11.4. The van der Waals surface area contributed by atoms with E-state index in [1.165, 1.54) is 12.1 Å². The molecule has 0 spiro atoms. The van der Waals surface area contributed by atoms with Gasteiger partial charge in [-0.05, 0) is 56.2 Å². The first kappa shape index (κ1) is 18.9. The summed E-state index contributed by atoms with van der Waals surface area (Å²) in [4.78, 5) is 15.2. The van der Waals surface area contributed by atoms with Crippen LogP contribution >= 0.6 is 0 Å². The molecule has 0 amide bonds. The first-order chi connectivity index (χ1) is 13.4. The Kier molecular flexibility index (Phi) is 5.23. The number of anilines is 2. The summed E-state index contributed by atoms with van der Waals surface area (Å²) in [7, 11) is 0. The van der Waals surface area contributed by atoms with Crippen molar-refractivity contribution in [1.29, 1.82) is 5.26 Å². The van der Waals surface area contributed by atoms with E-state index in [9.17, 15) is 10.1 Å². The summed E-state index contributed by atoms with van der Waals surface area (Å²) in [5.41, 5.74) is 3.94. The van der Waals surface area contributed by atoms with Crippen LogP contribution in [0.5, 0.6) is 11.6 Å². The van der Waals surface area contributed by atoms with Crippen molar-refractivity contribution < 1.29 is 9.66 Å². The van der Waals surface area contributed by atoms with Gasteiger partial charge in [-0.1, -0.05) is 17.7 Å². The van der Waals surface area contributed by atoms with Gasteiger partial charge in [-0.25, -0.2) is 0 Å². The SMILES string of the molecule is Cc1cc(C)c(Oc2ccc([N+](=O)[O-])c(Nc3ccc(C#N)cc3)n2)c(C)c1. The van der Waals surface area contributed by atoms with Gasteiger partial charge in [0.1, 0.15) is 5.75 Å². The summed E-state index contributed by atoms with van der Waals surface area (Å²) in [5, 5.41) is 23.2. The fourth-order valence-corrected chi connectivity index (χ4v) is 2.93. The van der Waals surface area contributed by atoms with Crippen molar-refractivity contribution in [3.8, 4) is 17.7 Å². The number of hydrogen-bond donors (Lipinski definition) is 1. The molecule has 28 heavy (non-hydrogen) atoms. The molecule has 7 heteroatoms. The van der Waals surface area contributed by atoms with Crippen molar-refractivity contribution in [3.05, 3.63) is 80.9 Å². The number of nitro groups is 1. The molecule has 2 aromatic carbocycles. The fraction of sp³-hybridized carbons (Fsp3) is 0.143. The van der Waals surface area contributed by atoms with Crippen LogP contribution in [0.25, 0.3) is 0 Å². The molecule has 140 valence electrons. The molecule has 0 bridgehead atoms. The van der Waals surface area contributed by atoms with Crippen molar-refractivity contribution in [2.24, 2.45) is 0 Å². The van der Waals surface area contributed by atoms with Crippen molar-refractivity contribution >= 4 is 17.2 Å². The minimum atomic E-state index is -0.509. The van der Waals surface area contributed by atoms with E-state index in [1.807, 2.05) is 39.0 Å². The number of pyridine rings is 1. The monoisotopic (exact) mass is 374 g/mol. The van der Waals surface area contributed by atoms with Gasteiger partial charge in [0.15, 0.2) is 0 Å². The minimum Gasteiger partial charge on any atom is -0.438 e.